The average molecular weight is 465 g/mol. The third kappa shape index (κ3) is 4.41. The van der Waals surface area contributed by atoms with Crippen LogP contribution in [0.5, 0.6) is 0 Å². The van der Waals surface area contributed by atoms with E-state index in [1.165, 1.54) is 21.7 Å². The normalized spacial score (nSPS) is 15.8. The lowest BCUT2D eigenvalue weighted by Crippen LogP contribution is -2.48. The van der Waals surface area contributed by atoms with Gasteiger partial charge < -0.3 is 4.90 Å². The second-order valence-electron chi connectivity index (χ2n) is 8.04. The summed E-state index contributed by atoms with van der Waals surface area (Å²) < 4.78 is 1.94. The lowest BCUT2D eigenvalue weighted by Gasteiger charge is -2.40. The van der Waals surface area contributed by atoms with Crippen molar-refractivity contribution in [2.45, 2.75) is 19.5 Å². The zero-order chi connectivity index (χ0) is 21.9. The van der Waals surface area contributed by atoms with Gasteiger partial charge in [-0.2, -0.15) is 0 Å². The highest BCUT2D eigenvalue weighted by atomic mass is 35.5. The second-order valence-corrected chi connectivity index (χ2v) is 9.51. The highest BCUT2D eigenvalue weighted by Gasteiger charge is 2.31. The number of aryl methyl sites for hydroxylation is 1. The Morgan fingerprint density at radius 3 is 2.56 bits per heavy atom. The van der Waals surface area contributed by atoms with E-state index in [1.54, 1.807) is 11.3 Å². The molecular formula is C24H25ClN6S. The molecule has 6 nitrogen and oxygen atoms in total. The zero-order valence-corrected chi connectivity index (χ0v) is 19.5. The molecule has 0 spiro atoms. The molecule has 1 aliphatic heterocycles. The summed E-state index contributed by atoms with van der Waals surface area (Å²) in [5, 5.41) is 15.7. The fourth-order valence-corrected chi connectivity index (χ4v) is 5.23. The van der Waals surface area contributed by atoms with E-state index < -0.39 is 0 Å². The Hall–Kier alpha value is -2.74. The van der Waals surface area contributed by atoms with E-state index in [9.17, 15) is 0 Å². The Labute approximate surface area is 197 Å². The van der Waals surface area contributed by atoms with Crippen molar-refractivity contribution in [2.24, 2.45) is 0 Å². The van der Waals surface area contributed by atoms with Crippen molar-refractivity contribution in [1.82, 2.24) is 25.1 Å². The Morgan fingerprint density at radius 1 is 1.00 bits per heavy atom. The molecule has 1 atom stereocenters. The Kier molecular flexibility index (Phi) is 6.21. The van der Waals surface area contributed by atoms with Crippen LogP contribution in [0.1, 0.15) is 27.9 Å². The van der Waals surface area contributed by atoms with Crippen molar-refractivity contribution >= 4 is 28.6 Å². The number of hydrogen-bond donors (Lipinski definition) is 0. The van der Waals surface area contributed by atoms with Gasteiger partial charge in [0.2, 0.25) is 0 Å². The second kappa shape index (κ2) is 9.40. The number of anilines is 1. The number of tetrazole rings is 1. The lowest BCUT2D eigenvalue weighted by atomic mass is 10.0. The molecule has 2 aromatic carbocycles. The summed E-state index contributed by atoms with van der Waals surface area (Å²) in [5.41, 5.74) is 3.68. The first-order valence-electron chi connectivity index (χ1n) is 10.8. The zero-order valence-electron chi connectivity index (χ0n) is 17.9. The van der Waals surface area contributed by atoms with Crippen LogP contribution in [0.25, 0.3) is 0 Å². The van der Waals surface area contributed by atoms with Crippen LogP contribution in [0.4, 0.5) is 5.69 Å². The van der Waals surface area contributed by atoms with Gasteiger partial charge in [-0.05, 0) is 52.1 Å². The molecule has 5 rings (SSSR count). The van der Waals surface area contributed by atoms with Gasteiger partial charge in [-0.3, -0.25) is 4.90 Å². The highest BCUT2D eigenvalue weighted by Crippen LogP contribution is 2.31. The van der Waals surface area contributed by atoms with Gasteiger partial charge in [-0.15, -0.1) is 16.4 Å². The first-order chi connectivity index (χ1) is 15.7. The van der Waals surface area contributed by atoms with Crippen molar-refractivity contribution < 1.29 is 0 Å². The molecule has 8 heteroatoms. The van der Waals surface area contributed by atoms with Crippen LogP contribution in [-0.4, -0.2) is 51.3 Å². The van der Waals surface area contributed by atoms with E-state index in [1.807, 2.05) is 10.7 Å². The molecule has 0 aliphatic carbocycles. The maximum atomic E-state index is 6.28. The van der Waals surface area contributed by atoms with Crippen LogP contribution < -0.4 is 4.90 Å². The molecule has 2 aromatic heterocycles. The Bertz CT molecular complexity index is 1150. The fraction of sp³-hybridized carbons (Fsp3) is 0.292. The molecule has 0 N–H and O–H groups in total. The van der Waals surface area contributed by atoms with Gasteiger partial charge in [0.05, 0.1) is 12.6 Å². The number of rotatable bonds is 6. The number of benzene rings is 2. The topological polar surface area (TPSA) is 50.1 Å². The molecule has 3 heterocycles. The minimum absolute atomic E-state index is 0.00812. The predicted octanol–water partition coefficient (Wildman–Crippen LogP) is 4.66. The van der Waals surface area contributed by atoms with E-state index in [4.69, 9.17) is 11.6 Å². The summed E-state index contributed by atoms with van der Waals surface area (Å²) in [5.74, 6) is 0.886. The first kappa shape index (κ1) is 21.1. The van der Waals surface area contributed by atoms with Gasteiger partial charge in [0.25, 0.3) is 0 Å². The quantitative estimate of drug-likeness (QED) is 0.415. The highest BCUT2D eigenvalue weighted by molar-refractivity contribution is 7.09. The van der Waals surface area contributed by atoms with Gasteiger partial charge in [-0.25, -0.2) is 4.68 Å². The molecule has 0 amide bonds. The van der Waals surface area contributed by atoms with Crippen LogP contribution in [0.3, 0.4) is 0 Å². The van der Waals surface area contributed by atoms with Crippen molar-refractivity contribution in [1.29, 1.82) is 0 Å². The summed E-state index contributed by atoms with van der Waals surface area (Å²) >= 11 is 8.00. The van der Waals surface area contributed by atoms with Crippen LogP contribution in [0.2, 0.25) is 5.02 Å². The molecule has 164 valence electrons. The van der Waals surface area contributed by atoms with Crippen molar-refractivity contribution in [3.8, 4) is 0 Å². The summed E-state index contributed by atoms with van der Waals surface area (Å²) in [6.07, 6.45) is 0. The van der Waals surface area contributed by atoms with Gasteiger partial charge in [0.15, 0.2) is 5.82 Å². The molecule has 0 saturated carbocycles. The van der Waals surface area contributed by atoms with Gasteiger partial charge >= 0.3 is 0 Å². The van der Waals surface area contributed by atoms with Gasteiger partial charge in [0, 0.05) is 41.8 Å². The maximum absolute atomic E-state index is 6.28. The number of nitrogens with zero attached hydrogens (tertiary/aromatic N) is 6. The predicted molar refractivity (Wildman–Crippen MR) is 129 cm³/mol. The van der Waals surface area contributed by atoms with Crippen LogP contribution >= 0.6 is 22.9 Å². The SMILES string of the molecule is Cc1ccc(Cl)cc1N1CCN([C@@H](c2ccccc2)c2nnnn2Cc2cccs2)CC1. The fourth-order valence-electron chi connectivity index (χ4n) is 4.37. The number of aromatic nitrogens is 4. The molecule has 4 aromatic rings. The Balaban J connectivity index is 1.41. The van der Waals surface area contributed by atoms with Crippen LogP contribution in [0, 0.1) is 6.92 Å². The maximum Gasteiger partial charge on any atom is 0.173 e. The van der Waals surface area contributed by atoms with E-state index in [-0.39, 0.29) is 6.04 Å². The molecule has 0 unspecified atom stereocenters. The average Bonchev–Trinajstić information content (AvgIpc) is 3.50. The summed E-state index contributed by atoms with van der Waals surface area (Å²) in [4.78, 5) is 6.16. The minimum atomic E-state index is 0.00812. The van der Waals surface area contributed by atoms with E-state index in [0.717, 1.165) is 37.0 Å². The van der Waals surface area contributed by atoms with E-state index >= 15 is 0 Å². The van der Waals surface area contributed by atoms with Crippen molar-refractivity contribution in [3.63, 3.8) is 0 Å². The molecule has 0 radical (unpaired) electrons. The number of halogens is 1. The summed E-state index contributed by atoms with van der Waals surface area (Å²) in [6, 6.07) is 20.9. The monoisotopic (exact) mass is 464 g/mol. The lowest BCUT2D eigenvalue weighted by molar-refractivity contribution is 0.201. The van der Waals surface area contributed by atoms with Crippen LogP contribution in [-0.2, 0) is 6.54 Å². The number of piperazine rings is 1. The standard InChI is InChI=1S/C24H25ClN6S/c1-18-9-10-20(25)16-22(18)29-11-13-30(14-12-29)23(19-6-3-2-4-7-19)24-26-27-28-31(24)17-21-8-5-15-32-21/h2-10,15-16,23H,11-14,17H2,1H3/t23-/m0/s1. The molecule has 0 bridgehead atoms. The molecular weight excluding hydrogens is 440 g/mol. The molecule has 1 saturated heterocycles. The number of hydrogen-bond acceptors (Lipinski definition) is 6. The summed E-state index contributed by atoms with van der Waals surface area (Å²) in [7, 11) is 0. The molecule has 1 fully saturated rings. The smallest absolute Gasteiger partial charge is 0.173 e. The largest absolute Gasteiger partial charge is 0.369 e. The number of thiophene rings is 1. The van der Waals surface area contributed by atoms with Crippen molar-refractivity contribution in [3.05, 3.63) is 92.9 Å². The molecule has 32 heavy (non-hydrogen) atoms. The third-order valence-electron chi connectivity index (χ3n) is 6.00. The molecule has 1 aliphatic rings. The van der Waals surface area contributed by atoms with Crippen molar-refractivity contribution in [2.75, 3.05) is 31.1 Å². The summed E-state index contributed by atoms with van der Waals surface area (Å²) in [6.45, 7) is 6.51. The van der Waals surface area contributed by atoms with E-state index in [2.05, 4.69) is 92.2 Å². The minimum Gasteiger partial charge on any atom is -0.369 e. The third-order valence-corrected chi connectivity index (χ3v) is 7.09. The van der Waals surface area contributed by atoms with Gasteiger partial charge in [0.1, 0.15) is 0 Å². The van der Waals surface area contributed by atoms with Crippen LogP contribution in [0.15, 0.2) is 66.0 Å². The van der Waals surface area contributed by atoms with E-state index in [0.29, 0.717) is 6.54 Å². The Morgan fingerprint density at radius 2 is 1.81 bits per heavy atom. The first-order valence-corrected chi connectivity index (χ1v) is 12.0. The van der Waals surface area contributed by atoms with Gasteiger partial charge in [-0.1, -0.05) is 54.1 Å².